The first-order valence-corrected chi connectivity index (χ1v) is 5.52. The topological polar surface area (TPSA) is 16.6 Å². The minimum absolute atomic E-state index is 0.0146. The van der Waals surface area contributed by atoms with E-state index in [4.69, 9.17) is 0 Å². The van der Waals surface area contributed by atoms with E-state index in [1.165, 1.54) is 0 Å². The third-order valence-corrected chi connectivity index (χ3v) is 2.74. The van der Waals surface area contributed by atoms with E-state index in [2.05, 4.69) is 13.8 Å². The molecular formula is C12H17F3N+. The summed E-state index contributed by atoms with van der Waals surface area (Å²) in [6, 6.07) is 1.58. The van der Waals surface area contributed by atoms with Gasteiger partial charge in [0.25, 0.3) is 0 Å². The van der Waals surface area contributed by atoms with E-state index in [0.717, 1.165) is 18.9 Å². The average molecular weight is 232 g/mol. The van der Waals surface area contributed by atoms with Gasteiger partial charge in [-0.25, -0.2) is 8.78 Å². The Balaban J connectivity index is 2.60. The molecule has 1 atom stereocenters. The number of quaternary nitrogens is 1. The van der Waals surface area contributed by atoms with Crippen LogP contribution in [0, 0.1) is 23.4 Å². The van der Waals surface area contributed by atoms with Crippen LogP contribution in [-0.4, -0.2) is 6.54 Å². The van der Waals surface area contributed by atoms with Crippen LogP contribution >= 0.6 is 0 Å². The lowest BCUT2D eigenvalue weighted by atomic mass is 10.1. The fraction of sp³-hybridized carbons (Fsp3) is 0.500. The molecule has 0 aliphatic carbocycles. The van der Waals surface area contributed by atoms with Crippen molar-refractivity contribution in [2.24, 2.45) is 5.92 Å². The van der Waals surface area contributed by atoms with Gasteiger partial charge in [0.15, 0.2) is 11.5 Å². The van der Waals surface area contributed by atoms with Crippen LogP contribution in [0.25, 0.3) is 0 Å². The Morgan fingerprint density at radius 1 is 1.25 bits per heavy atom. The molecule has 1 aromatic rings. The first kappa shape index (κ1) is 13.0. The van der Waals surface area contributed by atoms with Crippen LogP contribution in [-0.2, 0) is 0 Å². The highest BCUT2D eigenvalue weighted by atomic mass is 19.2. The van der Waals surface area contributed by atoms with Crippen LogP contribution in [0.4, 0.5) is 18.9 Å². The molecule has 4 heteroatoms. The molecule has 1 rings (SSSR count). The Morgan fingerprint density at radius 2 is 1.94 bits per heavy atom. The number of hydrogen-bond acceptors (Lipinski definition) is 0. The molecule has 0 radical (unpaired) electrons. The van der Waals surface area contributed by atoms with E-state index in [0.29, 0.717) is 18.5 Å². The van der Waals surface area contributed by atoms with Gasteiger partial charge in [-0.05, 0) is 12.3 Å². The van der Waals surface area contributed by atoms with Crippen LogP contribution in [0.15, 0.2) is 12.1 Å². The van der Waals surface area contributed by atoms with E-state index in [1.807, 2.05) is 0 Å². The van der Waals surface area contributed by atoms with E-state index < -0.39 is 17.5 Å². The van der Waals surface area contributed by atoms with Crippen molar-refractivity contribution >= 4 is 5.69 Å². The zero-order chi connectivity index (χ0) is 12.1. The molecule has 90 valence electrons. The predicted octanol–water partition coefficient (Wildman–Crippen LogP) is 2.74. The second-order valence-corrected chi connectivity index (χ2v) is 4.09. The quantitative estimate of drug-likeness (QED) is 0.594. The van der Waals surface area contributed by atoms with Crippen LogP contribution in [0.3, 0.4) is 0 Å². The van der Waals surface area contributed by atoms with Gasteiger partial charge in [-0.1, -0.05) is 20.3 Å². The fourth-order valence-corrected chi connectivity index (χ4v) is 1.45. The number of benzene rings is 1. The van der Waals surface area contributed by atoms with Gasteiger partial charge in [0.2, 0.25) is 5.82 Å². The smallest absolute Gasteiger partial charge is 0.219 e. The zero-order valence-corrected chi connectivity index (χ0v) is 9.56. The Morgan fingerprint density at radius 3 is 2.56 bits per heavy atom. The predicted molar refractivity (Wildman–Crippen MR) is 56.8 cm³/mol. The molecule has 0 aromatic heterocycles. The van der Waals surface area contributed by atoms with Crippen LogP contribution in [0.5, 0.6) is 0 Å². The molecule has 0 amide bonds. The van der Waals surface area contributed by atoms with E-state index in [9.17, 15) is 13.2 Å². The highest BCUT2D eigenvalue weighted by Crippen LogP contribution is 2.14. The van der Waals surface area contributed by atoms with Gasteiger partial charge in [0.05, 0.1) is 6.54 Å². The lowest BCUT2D eigenvalue weighted by Gasteiger charge is -2.07. The van der Waals surface area contributed by atoms with E-state index in [-0.39, 0.29) is 5.69 Å². The van der Waals surface area contributed by atoms with Gasteiger partial charge in [-0.2, -0.15) is 4.39 Å². The van der Waals surface area contributed by atoms with Crippen molar-refractivity contribution in [3.05, 3.63) is 29.6 Å². The molecule has 16 heavy (non-hydrogen) atoms. The summed E-state index contributed by atoms with van der Waals surface area (Å²) in [7, 11) is 0. The first-order chi connectivity index (χ1) is 7.54. The number of hydrogen-bond donors (Lipinski definition) is 1. The number of halogens is 3. The summed E-state index contributed by atoms with van der Waals surface area (Å²) in [5.41, 5.74) is 0.0146. The van der Waals surface area contributed by atoms with Crippen LogP contribution in [0.2, 0.25) is 0 Å². The van der Waals surface area contributed by atoms with E-state index in [1.54, 1.807) is 5.32 Å². The summed E-state index contributed by atoms with van der Waals surface area (Å²) >= 11 is 0. The maximum absolute atomic E-state index is 13.2. The average Bonchev–Trinajstić information content (AvgIpc) is 2.24. The summed E-state index contributed by atoms with van der Waals surface area (Å²) in [5, 5.41) is 1.55. The van der Waals surface area contributed by atoms with Crippen molar-refractivity contribution < 1.29 is 18.5 Å². The molecular weight excluding hydrogens is 215 g/mol. The van der Waals surface area contributed by atoms with Gasteiger partial charge in [-0.15, -0.1) is 0 Å². The Kier molecular flexibility index (Phi) is 4.80. The minimum Gasteiger partial charge on any atom is -0.311 e. The molecule has 2 N–H and O–H groups in total. The highest BCUT2D eigenvalue weighted by Gasteiger charge is 2.14. The van der Waals surface area contributed by atoms with Crippen molar-refractivity contribution in [3.8, 4) is 0 Å². The standard InChI is InChI=1S/C12H16F3N/c1-3-8(2)4-5-16-11-7-9(13)6-10(14)12(11)15/h6-8,16H,3-5H2,1-2H3/p+1. The molecule has 0 spiro atoms. The Labute approximate surface area is 93.7 Å². The molecule has 1 aromatic carbocycles. The second-order valence-electron chi connectivity index (χ2n) is 4.09. The normalized spacial score (nSPS) is 12.8. The lowest BCUT2D eigenvalue weighted by Crippen LogP contribution is -2.78. The number of rotatable bonds is 5. The SMILES string of the molecule is CCC(C)CC[NH2+]c1cc(F)cc(F)c1F. The second kappa shape index (κ2) is 5.89. The zero-order valence-electron chi connectivity index (χ0n) is 9.56. The van der Waals surface area contributed by atoms with Gasteiger partial charge in [-0.3, -0.25) is 0 Å². The molecule has 0 fully saturated rings. The summed E-state index contributed by atoms with van der Waals surface area (Å²) in [4.78, 5) is 0. The molecule has 0 aliphatic heterocycles. The largest absolute Gasteiger partial charge is 0.311 e. The van der Waals surface area contributed by atoms with Crippen molar-refractivity contribution in [3.63, 3.8) is 0 Å². The fourth-order valence-electron chi connectivity index (χ4n) is 1.45. The first-order valence-electron chi connectivity index (χ1n) is 5.52. The minimum atomic E-state index is -1.13. The van der Waals surface area contributed by atoms with Gasteiger partial charge in [0.1, 0.15) is 5.82 Å². The third-order valence-electron chi connectivity index (χ3n) is 2.74. The summed E-state index contributed by atoms with van der Waals surface area (Å²) in [6.07, 6.45) is 1.95. The molecule has 1 nitrogen and oxygen atoms in total. The molecule has 0 aliphatic rings. The van der Waals surface area contributed by atoms with Gasteiger partial charge in [0, 0.05) is 12.1 Å². The number of nitrogens with two attached hydrogens (primary N) is 1. The summed E-state index contributed by atoms with van der Waals surface area (Å²) in [5.74, 6) is -2.30. The van der Waals surface area contributed by atoms with Crippen molar-refractivity contribution in [2.75, 3.05) is 6.54 Å². The van der Waals surface area contributed by atoms with Crippen molar-refractivity contribution in [2.45, 2.75) is 26.7 Å². The third kappa shape index (κ3) is 3.52. The van der Waals surface area contributed by atoms with Crippen LogP contribution in [0.1, 0.15) is 26.7 Å². The molecule has 0 saturated heterocycles. The van der Waals surface area contributed by atoms with Gasteiger partial charge >= 0.3 is 0 Å². The highest BCUT2D eigenvalue weighted by molar-refractivity contribution is 5.31. The Bertz CT molecular complexity index is 352. The Hall–Kier alpha value is -1.03. The monoisotopic (exact) mass is 232 g/mol. The maximum atomic E-state index is 13.2. The maximum Gasteiger partial charge on any atom is 0.219 e. The van der Waals surface area contributed by atoms with Gasteiger partial charge < -0.3 is 5.32 Å². The van der Waals surface area contributed by atoms with E-state index >= 15 is 0 Å². The van der Waals surface area contributed by atoms with Crippen LogP contribution < -0.4 is 5.32 Å². The van der Waals surface area contributed by atoms with Crippen molar-refractivity contribution in [1.29, 1.82) is 0 Å². The molecule has 0 heterocycles. The molecule has 0 bridgehead atoms. The lowest BCUT2D eigenvalue weighted by molar-refractivity contribution is -0.574. The molecule has 0 saturated carbocycles. The summed E-state index contributed by atoms with van der Waals surface area (Å²) < 4.78 is 38.9. The van der Waals surface area contributed by atoms with Crippen molar-refractivity contribution in [1.82, 2.24) is 0 Å². The molecule has 1 unspecified atom stereocenters. The summed E-state index contributed by atoms with van der Waals surface area (Å²) in [6.45, 7) is 4.80.